The fourth-order valence-corrected chi connectivity index (χ4v) is 1.44. The van der Waals surface area contributed by atoms with Gasteiger partial charge in [-0.3, -0.25) is 0 Å². The summed E-state index contributed by atoms with van der Waals surface area (Å²) < 4.78 is 42.9. The first-order valence-corrected chi connectivity index (χ1v) is 5.57. The molecule has 104 valence electrons. The lowest BCUT2D eigenvalue weighted by Crippen LogP contribution is -2.09. The van der Waals surface area contributed by atoms with Crippen LogP contribution in [-0.4, -0.2) is 17.7 Å². The predicted molar refractivity (Wildman–Crippen MR) is 62.9 cm³/mol. The zero-order valence-electron chi connectivity index (χ0n) is 10.2. The molecule has 0 bridgehead atoms. The van der Waals surface area contributed by atoms with E-state index in [1.165, 1.54) is 24.3 Å². The highest BCUT2D eigenvalue weighted by Gasteiger charge is 2.33. The molecule has 1 N–H and O–H groups in total. The molecule has 1 aromatic carbocycles. The molecule has 0 atom stereocenters. The van der Waals surface area contributed by atoms with Gasteiger partial charge in [-0.25, -0.2) is 4.79 Å². The van der Waals surface area contributed by atoms with Gasteiger partial charge in [0.05, 0.1) is 5.56 Å². The molecule has 0 radical (unpaired) electrons. The van der Waals surface area contributed by atoms with E-state index >= 15 is 0 Å². The Balaban J connectivity index is 2.82. The molecule has 0 saturated carbocycles. The van der Waals surface area contributed by atoms with Crippen LogP contribution in [0.1, 0.15) is 18.9 Å². The molecule has 0 amide bonds. The molecule has 0 fully saturated rings. The van der Waals surface area contributed by atoms with Crippen molar-refractivity contribution in [3.05, 3.63) is 41.5 Å². The molecule has 0 spiro atoms. The van der Waals surface area contributed by atoms with Crippen molar-refractivity contribution in [2.24, 2.45) is 0 Å². The Labute approximate surface area is 108 Å². The van der Waals surface area contributed by atoms with E-state index in [4.69, 9.17) is 9.84 Å². The first kappa shape index (κ1) is 15.1. The van der Waals surface area contributed by atoms with Gasteiger partial charge in [-0.05, 0) is 24.6 Å². The number of carboxylic acid groups (broad SMARTS) is 1. The number of benzene rings is 1. The van der Waals surface area contributed by atoms with Crippen LogP contribution in [0, 0.1) is 0 Å². The van der Waals surface area contributed by atoms with Gasteiger partial charge in [0.2, 0.25) is 0 Å². The number of carbonyl (C=O) groups is 1. The minimum atomic E-state index is -4.50. The van der Waals surface area contributed by atoms with Gasteiger partial charge in [0.1, 0.15) is 12.4 Å². The molecule has 0 aliphatic carbocycles. The van der Waals surface area contributed by atoms with Crippen LogP contribution in [-0.2, 0) is 11.0 Å². The number of hydrogen-bond donors (Lipinski definition) is 1. The Morgan fingerprint density at radius 1 is 1.37 bits per heavy atom. The molecular weight excluding hydrogens is 261 g/mol. The summed E-state index contributed by atoms with van der Waals surface area (Å²) in [5.41, 5.74) is -0.777. The van der Waals surface area contributed by atoms with Crippen molar-refractivity contribution in [1.29, 1.82) is 0 Å². The lowest BCUT2D eigenvalue weighted by atomic mass is 10.2. The van der Waals surface area contributed by atoms with Crippen LogP contribution < -0.4 is 4.74 Å². The number of hydrogen-bond acceptors (Lipinski definition) is 2. The Hall–Kier alpha value is -1.98. The van der Waals surface area contributed by atoms with Crippen molar-refractivity contribution < 1.29 is 27.8 Å². The predicted octanol–water partition coefficient (Wildman–Crippen LogP) is 3.51. The first-order chi connectivity index (χ1) is 8.86. The number of aliphatic carboxylic acids is 1. The first-order valence-electron chi connectivity index (χ1n) is 5.57. The number of rotatable bonds is 5. The zero-order valence-corrected chi connectivity index (χ0v) is 10.2. The van der Waals surface area contributed by atoms with E-state index in [0.717, 1.165) is 6.07 Å². The minimum Gasteiger partial charge on any atom is -0.489 e. The van der Waals surface area contributed by atoms with E-state index in [-0.39, 0.29) is 24.4 Å². The van der Waals surface area contributed by atoms with Crippen molar-refractivity contribution in [1.82, 2.24) is 0 Å². The molecule has 19 heavy (non-hydrogen) atoms. The largest absolute Gasteiger partial charge is 0.489 e. The van der Waals surface area contributed by atoms with Gasteiger partial charge in [-0.1, -0.05) is 19.1 Å². The van der Waals surface area contributed by atoms with Crippen molar-refractivity contribution >= 4 is 5.97 Å². The van der Waals surface area contributed by atoms with Crippen LogP contribution in [0.3, 0.4) is 0 Å². The van der Waals surface area contributed by atoms with Gasteiger partial charge in [0, 0.05) is 5.57 Å². The maximum atomic E-state index is 12.6. The molecule has 3 nitrogen and oxygen atoms in total. The summed E-state index contributed by atoms with van der Waals surface area (Å²) >= 11 is 0. The smallest absolute Gasteiger partial charge is 0.419 e. The van der Waals surface area contributed by atoms with E-state index in [1.54, 1.807) is 6.92 Å². The highest BCUT2D eigenvalue weighted by atomic mass is 19.4. The van der Waals surface area contributed by atoms with Gasteiger partial charge in [-0.2, -0.15) is 13.2 Å². The maximum absolute atomic E-state index is 12.6. The SMILES string of the molecule is CCC(=CCOc1ccccc1C(F)(F)F)C(=O)O. The fourth-order valence-electron chi connectivity index (χ4n) is 1.44. The molecule has 0 aromatic heterocycles. The molecule has 0 heterocycles. The van der Waals surface area contributed by atoms with Crippen LogP contribution in [0.2, 0.25) is 0 Å². The van der Waals surface area contributed by atoms with Gasteiger partial charge in [-0.15, -0.1) is 0 Å². The molecule has 0 aliphatic heterocycles. The summed E-state index contributed by atoms with van der Waals surface area (Å²) in [5, 5.41) is 8.75. The monoisotopic (exact) mass is 274 g/mol. The van der Waals surface area contributed by atoms with Gasteiger partial charge in [0.25, 0.3) is 0 Å². The normalized spacial score (nSPS) is 12.3. The number of para-hydroxylation sites is 1. The van der Waals surface area contributed by atoms with Gasteiger partial charge < -0.3 is 9.84 Å². The second kappa shape index (κ2) is 6.26. The second-order valence-electron chi connectivity index (χ2n) is 3.69. The Morgan fingerprint density at radius 3 is 2.53 bits per heavy atom. The summed E-state index contributed by atoms with van der Waals surface area (Å²) in [6.07, 6.45) is -2.96. The highest BCUT2D eigenvalue weighted by Crippen LogP contribution is 2.35. The van der Waals surface area contributed by atoms with Crippen molar-refractivity contribution in [3.8, 4) is 5.75 Å². The van der Waals surface area contributed by atoms with Crippen LogP contribution in [0.25, 0.3) is 0 Å². The summed E-state index contributed by atoms with van der Waals surface area (Å²) in [6.45, 7) is 1.42. The molecule has 0 saturated heterocycles. The summed E-state index contributed by atoms with van der Waals surface area (Å²) in [5.74, 6) is -1.41. The molecule has 0 unspecified atom stereocenters. The molecule has 1 aromatic rings. The highest BCUT2D eigenvalue weighted by molar-refractivity contribution is 5.86. The number of alkyl halides is 3. The van der Waals surface area contributed by atoms with Crippen LogP contribution in [0.15, 0.2) is 35.9 Å². The van der Waals surface area contributed by atoms with Crippen LogP contribution in [0.4, 0.5) is 13.2 Å². The molecular formula is C13H13F3O3. The number of ether oxygens (including phenoxy) is 1. The van der Waals surface area contributed by atoms with E-state index < -0.39 is 17.7 Å². The lowest BCUT2D eigenvalue weighted by Gasteiger charge is -2.12. The maximum Gasteiger partial charge on any atom is 0.419 e. The van der Waals surface area contributed by atoms with E-state index in [2.05, 4.69) is 0 Å². The van der Waals surface area contributed by atoms with Crippen molar-refractivity contribution in [2.45, 2.75) is 19.5 Å². The standard InChI is InChI=1S/C13H13F3O3/c1-2-9(12(17)18)7-8-19-11-6-4-3-5-10(11)13(14,15)16/h3-7H,2,8H2,1H3,(H,17,18). The number of carboxylic acids is 1. The third-order valence-corrected chi connectivity index (χ3v) is 2.42. The topological polar surface area (TPSA) is 46.5 Å². The third kappa shape index (κ3) is 4.31. The van der Waals surface area contributed by atoms with E-state index in [1.807, 2.05) is 0 Å². The van der Waals surface area contributed by atoms with Crippen molar-refractivity contribution in [3.63, 3.8) is 0 Å². The molecule has 0 aliphatic rings. The van der Waals surface area contributed by atoms with E-state index in [9.17, 15) is 18.0 Å². The zero-order chi connectivity index (χ0) is 14.5. The van der Waals surface area contributed by atoms with E-state index in [0.29, 0.717) is 0 Å². The third-order valence-electron chi connectivity index (χ3n) is 2.42. The Morgan fingerprint density at radius 2 is 2.00 bits per heavy atom. The summed E-state index contributed by atoms with van der Waals surface area (Å²) in [6, 6.07) is 4.80. The Kier molecular flexibility index (Phi) is 4.97. The summed E-state index contributed by atoms with van der Waals surface area (Å²) in [7, 11) is 0. The van der Waals surface area contributed by atoms with Crippen molar-refractivity contribution in [2.75, 3.05) is 6.61 Å². The van der Waals surface area contributed by atoms with Gasteiger partial charge in [0.15, 0.2) is 0 Å². The second-order valence-corrected chi connectivity index (χ2v) is 3.69. The number of halogens is 3. The van der Waals surface area contributed by atoms with Gasteiger partial charge >= 0.3 is 12.1 Å². The molecule has 1 rings (SSSR count). The molecule has 6 heteroatoms. The average molecular weight is 274 g/mol. The summed E-state index contributed by atoms with van der Waals surface area (Å²) in [4.78, 5) is 10.7. The van der Waals surface area contributed by atoms with Crippen LogP contribution >= 0.6 is 0 Å². The average Bonchev–Trinajstić information content (AvgIpc) is 2.33. The lowest BCUT2D eigenvalue weighted by molar-refractivity contribution is -0.139. The van der Waals surface area contributed by atoms with Crippen LogP contribution in [0.5, 0.6) is 5.75 Å². The minimum absolute atomic E-state index is 0.101. The quantitative estimate of drug-likeness (QED) is 0.836. The Bertz CT molecular complexity index is 478. The fraction of sp³-hybridized carbons (Fsp3) is 0.308.